The van der Waals surface area contributed by atoms with Gasteiger partial charge in [0.2, 0.25) is 5.91 Å². The molecule has 0 aliphatic carbocycles. The van der Waals surface area contributed by atoms with Crippen molar-refractivity contribution in [3.05, 3.63) is 95.1 Å². The zero-order valence-electron chi connectivity index (χ0n) is 19.8. The van der Waals surface area contributed by atoms with Crippen LogP contribution in [0.15, 0.2) is 72.8 Å². The van der Waals surface area contributed by atoms with E-state index in [9.17, 15) is 14.7 Å². The van der Waals surface area contributed by atoms with Crippen LogP contribution in [0.3, 0.4) is 0 Å². The van der Waals surface area contributed by atoms with Crippen molar-refractivity contribution in [2.24, 2.45) is 5.73 Å². The minimum Gasteiger partial charge on any atom is -0.465 e. The number of amides is 2. The molecule has 7 nitrogen and oxygen atoms in total. The van der Waals surface area contributed by atoms with Crippen molar-refractivity contribution in [1.29, 1.82) is 0 Å². The summed E-state index contributed by atoms with van der Waals surface area (Å²) < 4.78 is 6.24. The molecule has 3 atom stereocenters. The number of nitrogens with two attached hydrogens (primary N) is 1. The van der Waals surface area contributed by atoms with Crippen LogP contribution in [0.25, 0.3) is 0 Å². The summed E-state index contributed by atoms with van der Waals surface area (Å²) in [5.41, 5.74) is 8.28. The number of carboxylic acid groups (broad SMARTS) is 1. The molecule has 0 radical (unpaired) electrons. The quantitative estimate of drug-likeness (QED) is 0.533. The predicted octanol–water partition coefficient (Wildman–Crippen LogP) is 4.91. The molecule has 2 heterocycles. The van der Waals surface area contributed by atoms with E-state index in [0.29, 0.717) is 36.6 Å². The minimum atomic E-state index is -0.958. The Morgan fingerprint density at radius 3 is 2.49 bits per heavy atom. The first kappa shape index (κ1) is 22.9. The highest BCUT2D eigenvalue weighted by atomic mass is 16.5. The van der Waals surface area contributed by atoms with Gasteiger partial charge in [-0.05, 0) is 55.7 Å². The number of ether oxygens (including phenoxy) is 1. The molecule has 5 rings (SSSR count). The van der Waals surface area contributed by atoms with Crippen LogP contribution in [0.4, 0.5) is 4.79 Å². The van der Waals surface area contributed by atoms with E-state index >= 15 is 0 Å². The van der Waals surface area contributed by atoms with Gasteiger partial charge in [0.05, 0.1) is 5.54 Å². The topological polar surface area (TPSA) is 96.1 Å². The van der Waals surface area contributed by atoms with E-state index in [0.717, 1.165) is 5.56 Å². The first-order valence-corrected chi connectivity index (χ1v) is 11.8. The maximum atomic E-state index is 12.4. The Balaban J connectivity index is 1.59. The fourth-order valence-electron chi connectivity index (χ4n) is 5.80. The Bertz CT molecular complexity index is 1280. The Morgan fingerprint density at radius 1 is 1.09 bits per heavy atom. The molecule has 3 aromatic carbocycles. The van der Waals surface area contributed by atoms with Gasteiger partial charge in [-0.15, -0.1) is 0 Å². The highest BCUT2D eigenvalue weighted by molar-refractivity contribution is 5.93. The van der Waals surface area contributed by atoms with Crippen molar-refractivity contribution in [2.45, 2.75) is 37.9 Å². The van der Waals surface area contributed by atoms with Gasteiger partial charge in [0.15, 0.2) is 0 Å². The molecule has 180 valence electrons. The Kier molecular flexibility index (Phi) is 5.73. The van der Waals surface area contributed by atoms with Crippen LogP contribution in [0.1, 0.15) is 46.4 Å². The van der Waals surface area contributed by atoms with Crippen LogP contribution in [-0.2, 0) is 5.54 Å². The van der Waals surface area contributed by atoms with Gasteiger partial charge in [0.25, 0.3) is 0 Å². The smallest absolute Gasteiger partial charge is 0.408 e. The van der Waals surface area contributed by atoms with Gasteiger partial charge in [0, 0.05) is 36.3 Å². The highest BCUT2D eigenvalue weighted by Gasteiger charge is 2.59. The van der Waals surface area contributed by atoms with Crippen LogP contribution in [0.5, 0.6) is 11.5 Å². The first-order chi connectivity index (χ1) is 16.8. The lowest BCUT2D eigenvalue weighted by Crippen LogP contribution is -2.54. The number of piperazine rings is 1. The maximum absolute atomic E-state index is 12.4. The van der Waals surface area contributed by atoms with E-state index in [1.165, 1.54) is 16.0 Å². The lowest BCUT2D eigenvalue weighted by molar-refractivity contribution is 0.0441. The van der Waals surface area contributed by atoms with Crippen LogP contribution in [-0.4, -0.2) is 46.0 Å². The third-order valence-electron chi connectivity index (χ3n) is 7.50. The minimum absolute atomic E-state index is 0.0705. The normalized spacial score (nSPS) is 22.2. The summed E-state index contributed by atoms with van der Waals surface area (Å²) in [4.78, 5) is 28.3. The van der Waals surface area contributed by atoms with Crippen LogP contribution < -0.4 is 10.5 Å². The molecule has 2 saturated heterocycles. The van der Waals surface area contributed by atoms with E-state index in [2.05, 4.69) is 30.9 Å². The van der Waals surface area contributed by atoms with Gasteiger partial charge in [-0.2, -0.15) is 0 Å². The molecule has 35 heavy (non-hydrogen) atoms. The second kappa shape index (κ2) is 8.74. The van der Waals surface area contributed by atoms with Crippen LogP contribution >= 0.6 is 0 Å². The number of nitrogens with zero attached hydrogens (tertiary/aromatic N) is 2. The average molecular weight is 472 g/mol. The Hall–Kier alpha value is -3.84. The second-order valence-corrected chi connectivity index (χ2v) is 9.48. The van der Waals surface area contributed by atoms with Gasteiger partial charge in [-0.3, -0.25) is 14.6 Å². The SMILES string of the molecule is Cc1ccccc1C(C)N1CC2(c3ccc(C(N)=O)cc3Oc3ccccc3)CC1CN2C(=O)O. The van der Waals surface area contributed by atoms with Gasteiger partial charge in [-0.1, -0.05) is 48.5 Å². The number of hydrogen-bond donors (Lipinski definition) is 2. The van der Waals surface area contributed by atoms with Crippen LogP contribution in [0, 0.1) is 6.92 Å². The lowest BCUT2D eigenvalue weighted by Gasteiger charge is -2.43. The van der Waals surface area contributed by atoms with Crippen LogP contribution in [0.2, 0.25) is 0 Å². The summed E-state index contributed by atoms with van der Waals surface area (Å²) in [7, 11) is 0. The van der Waals surface area contributed by atoms with E-state index in [-0.39, 0.29) is 12.1 Å². The molecule has 0 spiro atoms. The zero-order valence-corrected chi connectivity index (χ0v) is 19.8. The summed E-state index contributed by atoms with van der Waals surface area (Å²) >= 11 is 0. The largest absolute Gasteiger partial charge is 0.465 e. The summed E-state index contributed by atoms with van der Waals surface area (Å²) in [6.07, 6.45) is -0.309. The molecule has 7 heteroatoms. The fraction of sp³-hybridized carbons (Fsp3) is 0.286. The summed E-state index contributed by atoms with van der Waals surface area (Å²) in [5.74, 6) is 0.490. The van der Waals surface area contributed by atoms with Crippen molar-refractivity contribution < 1.29 is 19.4 Å². The molecule has 2 aliphatic rings. The second-order valence-electron chi connectivity index (χ2n) is 9.48. The third-order valence-corrected chi connectivity index (χ3v) is 7.50. The number of fused-ring (bicyclic) bond motifs is 2. The molecule has 0 aromatic heterocycles. The molecular weight excluding hydrogens is 442 g/mol. The van der Waals surface area contributed by atoms with E-state index < -0.39 is 17.5 Å². The van der Waals surface area contributed by atoms with Gasteiger partial charge in [-0.25, -0.2) is 4.79 Å². The van der Waals surface area contributed by atoms with Gasteiger partial charge in [0.1, 0.15) is 11.5 Å². The molecule has 2 bridgehead atoms. The number of rotatable bonds is 6. The van der Waals surface area contributed by atoms with Gasteiger partial charge >= 0.3 is 6.09 Å². The molecule has 3 aromatic rings. The van der Waals surface area contributed by atoms with Crippen molar-refractivity contribution in [1.82, 2.24) is 9.80 Å². The number of hydrogen-bond acceptors (Lipinski definition) is 4. The number of para-hydroxylation sites is 1. The summed E-state index contributed by atoms with van der Waals surface area (Å²) in [6, 6.07) is 22.9. The monoisotopic (exact) mass is 471 g/mol. The third kappa shape index (κ3) is 3.91. The van der Waals surface area contributed by atoms with E-state index in [1.807, 2.05) is 42.5 Å². The fourth-order valence-corrected chi connectivity index (χ4v) is 5.80. The lowest BCUT2D eigenvalue weighted by atomic mass is 9.87. The van der Waals surface area contributed by atoms with E-state index in [1.54, 1.807) is 18.2 Å². The van der Waals surface area contributed by atoms with Crippen molar-refractivity contribution >= 4 is 12.0 Å². The molecular formula is C28H29N3O4. The number of benzene rings is 3. The standard InChI is InChI=1S/C28H29N3O4/c1-18-8-6-7-11-23(18)19(2)30-17-28(15-21(30)16-31(28)27(33)34)24-13-12-20(26(29)32)14-25(24)35-22-9-4-3-5-10-22/h3-14,19,21H,15-17H2,1-2H3,(H2,29,32)(H,33,34). The van der Waals surface area contributed by atoms with Crippen molar-refractivity contribution in [2.75, 3.05) is 13.1 Å². The van der Waals surface area contributed by atoms with Crippen molar-refractivity contribution in [3.63, 3.8) is 0 Å². The van der Waals surface area contributed by atoms with Crippen molar-refractivity contribution in [3.8, 4) is 11.5 Å². The number of carbonyl (C=O) groups excluding carboxylic acids is 1. The van der Waals surface area contributed by atoms with Gasteiger partial charge < -0.3 is 15.6 Å². The maximum Gasteiger partial charge on any atom is 0.408 e. The molecule has 3 unspecified atom stereocenters. The zero-order chi connectivity index (χ0) is 24.7. The number of carbonyl (C=O) groups is 2. The molecule has 2 amide bonds. The molecule has 0 saturated carbocycles. The highest BCUT2D eigenvalue weighted by Crippen LogP contribution is 2.52. The Labute approximate surface area is 204 Å². The first-order valence-electron chi connectivity index (χ1n) is 11.8. The van der Waals surface area contributed by atoms with E-state index in [4.69, 9.17) is 10.5 Å². The summed E-state index contributed by atoms with van der Waals surface area (Å²) in [6.45, 7) is 5.22. The molecule has 2 fully saturated rings. The number of primary amides is 1. The molecule has 3 N–H and O–H groups in total. The predicted molar refractivity (Wildman–Crippen MR) is 133 cm³/mol. The Morgan fingerprint density at radius 2 is 1.80 bits per heavy atom. The summed E-state index contributed by atoms with van der Waals surface area (Å²) in [5, 5.41) is 10.2. The molecule has 2 aliphatic heterocycles. The number of aryl methyl sites for hydroxylation is 1. The number of likely N-dealkylation sites (tertiary alicyclic amines) is 2. The average Bonchev–Trinajstić information content (AvgIpc) is 3.42.